The van der Waals surface area contributed by atoms with Crippen LogP contribution >= 0.6 is 0 Å². The first-order valence-electron chi connectivity index (χ1n) is 20.2. The highest BCUT2D eigenvalue weighted by Crippen LogP contribution is 2.55. The van der Waals surface area contributed by atoms with Crippen LogP contribution in [-0.2, 0) is 23.9 Å². The van der Waals surface area contributed by atoms with Gasteiger partial charge in [-0.2, -0.15) is 0 Å². The predicted octanol–water partition coefficient (Wildman–Crippen LogP) is 6.22. The number of nitrogens with zero attached hydrogens (tertiary/aromatic N) is 4. The van der Waals surface area contributed by atoms with Crippen molar-refractivity contribution in [2.75, 3.05) is 50.8 Å². The lowest BCUT2D eigenvalue weighted by molar-refractivity contribution is -0.153. The second kappa shape index (κ2) is 14.6. The van der Waals surface area contributed by atoms with E-state index in [-0.39, 0.29) is 29.1 Å². The molecule has 1 N–H and O–H groups in total. The Bertz CT molecular complexity index is 1690. The van der Waals surface area contributed by atoms with Gasteiger partial charge in [0.1, 0.15) is 11.6 Å². The SMILES string of the molecule is C[C@@H](OCC1CCCCC1)[C@H](NC(=O)[C@@H]1CN(c2cccc3c2ccn3C(=O)OC(C)(C)C)CC12CN(C(=O)[C@H]1CC1(C)C)C2)C(=O)N1CCCCC1. The number of ether oxygens (including phenoxy) is 2. The van der Waals surface area contributed by atoms with Crippen molar-refractivity contribution in [1.29, 1.82) is 0 Å². The zero-order chi connectivity index (χ0) is 37.7. The third-order valence-electron chi connectivity index (χ3n) is 12.8. The van der Waals surface area contributed by atoms with E-state index in [4.69, 9.17) is 9.47 Å². The Balaban J connectivity index is 1.14. The summed E-state index contributed by atoms with van der Waals surface area (Å²) in [6.07, 6.45) is 10.7. The highest BCUT2D eigenvalue weighted by molar-refractivity contribution is 5.98. The van der Waals surface area contributed by atoms with E-state index in [0.29, 0.717) is 51.8 Å². The minimum absolute atomic E-state index is 0.0189. The van der Waals surface area contributed by atoms with Gasteiger partial charge in [-0.25, -0.2) is 4.79 Å². The number of aromatic nitrogens is 1. The standard InChI is InChI=1S/C42H61N5O6/c1-28(52-24-29-14-9-7-10-15-29)35(38(50)44-19-11-8-12-20-44)43-36(48)32-23-45(25-42(32)26-46(27-42)37(49)31-22-41(31,5)6)33-16-13-17-34-30(33)18-21-47(34)39(51)53-40(2,3)4/h13,16-18,21,28-29,31-32,35H,7-12,14-15,19-20,22-27H2,1-6H3,(H,43,48)/t28-,31-,32+,35+/m1/s1. The van der Waals surface area contributed by atoms with Gasteiger partial charge in [-0.15, -0.1) is 0 Å². The number of piperidine rings is 1. The van der Waals surface area contributed by atoms with Crippen LogP contribution in [0.4, 0.5) is 10.5 Å². The fourth-order valence-corrected chi connectivity index (χ4v) is 9.39. The van der Waals surface area contributed by atoms with Crippen LogP contribution in [0.15, 0.2) is 30.5 Å². The third kappa shape index (κ3) is 7.82. The monoisotopic (exact) mass is 731 g/mol. The summed E-state index contributed by atoms with van der Waals surface area (Å²) in [4.78, 5) is 61.7. The van der Waals surface area contributed by atoms with Crippen LogP contribution in [0.3, 0.4) is 0 Å². The lowest BCUT2D eigenvalue weighted by Gasteiger charge is -2.51. The summed E-state index contributed by atoms with van der Waals surface area (Å²) in [5, 5.41) is 4.15. The van der Waals surface area contributed by atoms with Crippen molar-refractivity contribution in [1.82, 2.24) is 19.7 Å². The normalized spacial score (nSPS) is 25.2. The van der Waals surface area contributed by atoms with Gasteiger partial charge in [0.05, 0.1) is 17.5 Å². The smallest absolute Gasteiger partial charge is 0.418 e. The van der Waals surface area contributed by atoms with E-state index in [0.717, 1.165) is 55.1 Å². The molecular formula is C42H61N5O6. The molecule has 3 aliphatic heterocycles. The van der Waals surface area contributed by atoms with Gasteiger partial charge in [-0.3, -0.25) is 19.0 Å². The van der Waals surface area contributed by atoms with Crippen LogP contribution < -0.4 is 10.2 Å². The molecule has 5 fully saturated rings. The molecule has 3 saturated heterocycles. The largest absolute Gasteiger partial charge is 0.443 e. The number of carbonyl (C=O) groups is 4. The van der Waals surface area contributed by atoms with Crippen LogP contribution in [0.1, 0.15) is 99.3 Å². The fourth-order valence-electron chi connectivity index (χ4n) is 9.39. The van der Waals surface area contributed by atoms with E-state index < -0.39 is 35.2 Å². The topological polar surface area (TPSA) is 113 Å². The zero-order valence-electron chi connectivity index (χ0n) is 32.8. The average molecular weight is 732 g/mol. The second-order valence-electron chi connectivity index (χ2n) is 18.5. The quantitative estimate of drug-likeness (QED) is 0.326. The number of carbonyl (C=O) groups excluding carboxylic acids is 4. The molecule has 1 spiro atoms. The Hall–Kier alpha value is -3.60. The summed E-state index contributed by atoms with van der Waals surface area (Å²) < 4.78 is 13.7. The van der Waals surface area contributed by atoms with Crippen molar-refractivity contribution in [2.24, 2.45) is 28.6 Å². The number of hydrogen-bond acceptors (Lipinski definition) is 7. The maximum absolute atomic E-state index is 14.7. The first kappa shape index (κ1) is 37.7. The lowest BCUT2D eigenvalue weighted by Crippen LogP contribution is -2.65. The highest BCUT2D eigenvalue weighted by Gasteiger charge is 2.61. The first-order valence-corrected chi connectivity index (χ1v) is 20.2. The first-order chi connectivity index (χ1) is 25.2. The molecular weight excluding hydrogens is 670 g/mol. The molecule has 1 aromatic heterocycles. The third-order valence-corrected chi connectivity index (χ3v) is 12.8. The van der Waals surface area contributed by atoms with E-state index in [1.807, 2.05) is 61.8 Å². The van der Waals surface area contributed by atoms with Crippen molar-refractivity contribution in [3.05, 3.63) is 30.5 Å². The Labute approximate surface area is 315 Å². The average Bonchev–Trinajstić information content (AvgIpc) is 3.42. The second-order valence-corrected chi connectivity index (χ2v) is 18.5. The van der Waals surface area contributed by atoms with Crippen molar-refractivity contribution in [3.63, 3.8) is 0 Å². The van der Waals surface area contributed by atoms with Crippen molar-refractivity contribution >= 4 is 40.4 Å². The number of likely N-dealkylation sites (tertiary alicyclic amines) is 2. The Morgan fingerprint density at radius 3 is 2.25 bits per heavy atom. The summed E-state index contributed by atoms with van der Waals surface area (Å²) in [6, 6.07) is 7.02. The van der Waals surface area contributed by atoms with Crippen molar-refractivity contribution in [2.45, 2.75) is 117 Å². The molecule has 7 rings (SSSR count). The summed E-state index contributed by atoms with van der Waals surface area (Å²) in [6.45, 7) is 15.8. The van der Waals surface area contributed by atoms with Crippen molar-refractivity contribution in [3.8, 4) is 0 Å². The molecule has 4 atom stereocenters. The fraction of sp³-hybridized carbons (Fsp3) is 0.714. The number of rotatable bonds is 9. The predicted molar refractivity (Wildman–Crippen MR) is 205 cm³/mol. The molecule has 11 heteroatoms. The molecule has 2 aliphatic carbocycles. The number of benzene rings is 1. The van der Waals surface area contributed by atoms with Crippen LogP contribution in [0.25, 0.3) is 10.9 Å². The number of anilines is 1. The van der Waals surface area contributed by atoms with Gasteiger partial charge in [0.2, 0.25) is 17.7 Å². The molecule has 3 amide bonds. The van der Waals surface area contributed by atoms with Gasteiger partial charge < -0.3 is 29.5 Å². The Morgan fingerprint density at radius 2 is 1.58 bits per heavy atom. The molecule has 2 saturated carbocycles. The molecule has 5 aliphatic rings. The molecule has 2 aromatic rings. The van der Waals surface area contributed by atoms with E-state index in [9.17, 15) is 19.2 Å². The van der Waals surface area contributed by atoms with Crippen molar-refractivity contribution < 1.29 is 28.7 Å². The number of amides is 3. The van der Waals surface area contributed by atoms with Gasteiger partial charge in [-0.1, -0.05) is 39.2 Å². The molecule has 290 valence electrons. The number of fused-ring (bicyclic) bond motifs is 1. The van der Waals surface area contributed by atoms with Gasteiger partial charge in [0, 0.05) is 74.5 Å². The zero-order valence-corrected chi connectivity index (χ0v) is 32.8. The summed E-state index contributed by atoms with van der Waals surface area (Å²) in [7, 11) is 0. The van der Waals surface area contributed by atoms with E-state index in [1.165, 1.54) is 23.8 Å². The Morgan fingerprint density at radius 1 is 0.906 bits per heavy atom. The molecule has 4 heterocycles. The van der Waals surface area contributed by atoms with Crippen LogP contribution in [0.2, 0.25) is 0 Å². The lowest BCUT2D eigenvalue weighted by atomic mass is 9.70. The van der Waals surface area contributed by atoms with E-state index in [1.54, 1.807) is 6.20 Å². The van der Waals surface area contributed by atoms with Crippen LogP contribution in [-0.4, -0.2) is 102 Å². The van der Waals surface area contributed by atoms with Gasteiger partial charge in [0.25, 0.3) is 0 Å². The highest BCUT2D eigenvalue weighted by atomic mass is 16.6. The van der Waals surface area contributed by atoms with Crippen LogP contribution in [0, 0.1) is 28.6 Å². The summed E-state index contributed by atoms with van der Waals surface area (Å²) in [5.74, 6) is 0.0183. The number of nitrogens with one attached hydrogen (secondary N) is 1. The molecule has 0 bridgehead atoms. The van der Waals surface area contributed by atoms with Gasteiger partial charge >= 0.3 is 6.09 Å². The van der Waals surface area contributed by atoms with E-state index in [2.05, 4.69) is 24.1 Å². The van der Waals surface area contributed by atoms with Gasteiger partial charge in [0.15, 0.2) is 0 Å². The minimum atomic E-state index is -0.786. The molecule has 11 nitrogen and oxygen atoms in total. The van der Waals surface area contributed by atoms with Gasteiger partial charge in [-0.05, 0) is 95.8 Å². The van der Waals surface area contributed by atoms with E-state index >= 15 is 0 Å². The van der Waals surface area contributed by atoms with Crippen LogP contribution in [0.5, 0.6) is 0 Å². The summed E-state index contributed by atoms with van der Waals surface area (Å²) in [5.41, 5.74) is 0.570. The molecule has 0 radical (unpaired) electrons. The Kier molecular flexibility index (Phi) is 10.4. The number of hydrogen-bond donors (Lipinski definition) is 1. The molecule has 1 aromatic carbocycles. The minimum Gasteiger partial charge on any atom is -0.443 e. The molecule has 53 heavy (non-hydrogen) atoms. The maximum Gasteiger partial charge on any atom is 0.418 e. The summed E-state index contributed by atoms with van der Waals surface area (Å²) >= 11 is 0. The molecule has 0 unspecified atom stereocenters. The maximum atomic E-state index is 14.7.